The zero-order chi connectivity index (χ0) is 13.1. The Hall–Kier alpha value is -1.20. The van der Waals surface area contributed by atoms with Crippen molar-refractivity contribution < 1.29 is 0 Å². The Bertz CT molecular complexity index is 546. The van der Waals surface area contributed by atoms with Gasteiger partial charge in [-0.25, -0.2) is 4.68 Å². The summed E-state index contributed by atoms with van der Waals surface area (Å²) in [6.45, 7) is 1.08. The average molecular weight is 321 g/mol. The molecule has 100 valence electrons. The highest BCUT2D eigenvalue weighted by Gasteiger charge is 2.18. The van der Waals surface area contributed by atoms with Gasteiger partial charge in [-0.1, -0.05) is 39.7 Å². The smallest absolute Gasteiger partial charge is 0.100 e. The number of piperidine rings is 1. The van der Waals surface area contributed by atoms with Gasteiger partial charge in [0.05, 0.1) is 17.9 Å². The SMILES string of the molecule is BrCc1cccc(-n2cc(C3CCCCN3)nn2)c1. The van der Waals surface area contributed by atoms with Crippen LogP contribution in [0, 0.1) is 0 Å². The number of rotatable bonds is 3. The predicted octanol–water partition coefficient (Wildman–Crippen LogP) is 2.98. The monoisotopic (exact) mass is 320 g/mol. The zero-order valence-corrected chi connectivity index (χ0v) is 12.3. The minimum Gasteiger partial charge on any atom is -0.309 e. The number of hydrogen-bond acceptors (Lipinski definition) is 3. The summed E-state index contributed by atoms with van der Waals surface area (Å²) >= 11 is 3.48. The summed E-state index contributed by atoms with van der Waals surface area (Å²) in [5.74, 6) is 0. The Balaban J connectivity index is 1.83. The van der Waals surface area contributed by atoms with Crippen LogP contribution in [0.5, 0.6) is 0 Å². The van der Waals surface area contributed by atoms with Crippen LogP contribution in [0.4, 0.5) is 0 Å². The minimum absolute atomic E-state index is 0.363. The summed E-state index contributed by atoms with van der Waals surface area (Å²) in [6.07, 6.45) is 5.72. The Labute approximate surface area is 121 Å². The highest BCUT2D eigenvalue weighted by molar-refractivity contribution is 9.08. The van der Waals surface area contributed by atoms with E-state index >= 15 is 0 Å². The summed E-state index contributed by atoms with van der Waals surface area (Å²) in [5.41, 5.74) is 3.35. The van der Waals surface area contributed by atoms with E-state index in [-0.39, 0.29) is 0 Å². The van der Waals surface area contributed by atoms with E-state index in [0.29, 0.717) is 6.04 Å². The fraction of sp³-hybridized carbons (Fsp3) is 0.429. The van der Waals surface area contributed by atoms with Crippen molar-refractivity contribution in [3.63, 3.8) is 0 Å². The maximum Gasteiger partial charge on any atom is 0.100 e. The van der Waals surface area contributed by atoms with E-state index in [0.717, 1.165) is 29.7 Å². The first kappa shape index (κ1) is 12.8. The molecule has 0 amide bonds. The third kappa shape index (κ3) is 2.87. The molecule has 1 N–H and O–H groups in total. The first-order valence-corrected chi connectivity index (χ1v) is 7.80. The number of nitrogens with zero attached hydrogens (tertiary/aromatic N) is 3. The fourth-order valence-electron chi connectivity index (χ4n) is 2.45. The molecule has 2 aromatic rings. The van der Waals surface area contributed by atoms with E-state index in [2.05, 4.69) is 49.8 Å². The Morgan fingerprint density at radius 1 is 1.37 bits per heavy atom. The van der Waals surface area contributed by atoms with Gasteiger partial charge in [0.2, 0.25) is 0 Å². The summed E-state index contributed by atoms with van der Waals surface area (Å²) in [4.78, 5) is 0. The van der Waals surface area contributed by atoms with Crippen LogP contribution in [0.1, 0.15) is 36.6 Å². The highest BCUT2D eigenvalue weighted by atomic mass is 79.9. The van der Waals surface area contributed by atoms with Crippen LogP contribution in [-0.2, 0) is 5.33 Å². The van der Waals surface area contributed by atoms with Gasteiger partial charge in [0.15, 0.2) is 0 Å². The molecule has 0 bridgehead atoms. The molecule has 1 atom stereocenters. The van der Waals surface area contributed by atoms with Crippen LogP contribution >= 0.6 is 15.9 Å². The minimum atomic E-state index is 0.363. The van der Waals surface area contributed by atoms with Crippen molar-refractivity contribution in [1.82, 2.24) is 20.3 Å². The molecular weight excluding hydrogens is 304 g/mol. The van der Waals surface area contributed by atoms with Gasteiger partial charge < -0.3 is 5.32 Å². The van der Waals surface area contributed by atoms with Crippen molar-refractivity contribution in [1.29, 1.82) is 0 Å². The van der Waals surface area contributed by atoms with Crippen LogP contribution in [-0.4, -0.2) is 21.5 Å². The molecule has 5 heteroatoms. The summed E-state index contributed by atoms with van der Waals surface area (Å²) < 4.78 is 1.86. The molecule has 1 aliphatic heterocycles. The molecule has 3 rings (SSSR count). The average Bonchev–Trinajstić information content (AvgIpc) is 2.98. The second kappa shape index (κ2) is 5.84. The largest absolute Gasteiger partial charge is 0.309 e. The van der Waals surface area contributed by atoms with Crippen LogP contribution in [0.3, 0.4) is 0 Å². The zero-order valence-electron chi connectivity index (χ0n) is 10.7. The van der Waals surface area contributed by atoms with Crippen molar-refractivity contribution >= 4 is 15.9 Å². The van der Waals surface area contributed by atoms with Crippen molar-refractivity contribution in [2.45, 2.75) is 30.6 Å². The molecule has 0 saturated carbocycles. The van der Waals surface area contributed by atoms with Gasteiger partial charge in [0.25, 0.3) is 0 Å². The normalized spacial score (nSPS) is 19.5. The fourth-order valence-corrected chi connectivity index (χ4v) is 2.80. The third-order valence-electron chi connectivity index (χ3n) is 3.51. The molecule has 1 unspecified atom stereocenters. The molecule has 1 aromatic heterocycles. The summed E-state index contributed by atoms with van der Waals surface area (Å²) in [6, 6.07) is 8.69. The molecule has 1 aromatic carbocycles. The maximum atomic E-state index is 4.31. The Kier molecular flexibility index (Phi) is 3.94. The van der Waals surface area contributed by atoms with E-state index in [1.807, 2.05) is 16.9 Å². The Morgan fingerprint density at radius 3 is 3.11 bits per heavy atom. The van der Waals surface area contributed by atoms with Gasteiger partial charge in [-0.15, -0.1) is 5.10 Å². The lowest BCUT2D eigenvalue weighted by Gasteiger charge is -2.20. The second-order valence-electron chi connectivity index (χ2n) is 4.89. The van der Waals surface area contributed by atoms with Gasteiger partial charge in [-0.2, -0.15) is 0 Å². The van der Waals surface area contributed by atoms with Gasteiger partial charge in [-0.3, -0.25) is 0 Å². The molecule has 19 heavy (non-hydrogen) atoms. The standard InChI is InChI=1S/C14H17BrN4/c15-9-11-4-3-5-12(8-11)19-10-14(17-18-19)13-6-1-2-7-16-13/h3-5,8,10,13,16H,1-2,6-7,9H2. The lowest BCUT2D eigenvalue weighted by atomic mass is 10.0. The number of hydrogen-bond donors (Lipinski definition) is 1. The van der Waals surface area contributed by atoms with Crippen molar-refractivity contribution in [2.24, 2.45) is 0 Å². The van der Waals surface area contributed by atoms with E-state index in [1.165, 1.54) is 18.4 Å². The molecule has 1 aliphatic rings. The first-order valence-electron chi connectivity index (χ1n) is 6.68. The number of benzene rings is 1. The van der Waals surface area contributed by atoms with Crippen LogP contribution < -0.4 is 5.32 Å². The van der Waals surface area contributed by atoms with Gasteiger partial charge in [-0.05, 0) is 37.1 Å². The van der Waals surface area contributed by atoms with Crippen LogP contribution in [0.15, 0.2) is 30.5 Å². The van der Waals surface area contributed by atoms with E-state index < -0.39 is 0 Å². The lowest BCUT2D eigenvalue weighted by molar-refractivity contribution is 0.405. The number of alkyl halides is 1. The lowest BCUT2D eigenvalue weighted by Crippen LogP contribution is -2.27. The van der Waals surface area contributed by atoms with E-state index in [4.69, 9.17) is 0 Å². The topological polar surface area (TPSA) is 42.7 Å². The van der Waals surface area contributed by atoms with Crippen molar-refractivity contribution in [2.75, 3.05) is 6.54 Å². The quantitative estimate of drug-likeness (QED) is 0.884. The molecule has 1 fully saturated rings. The predicted molar refractivity (Wildman–Crippen MR) is 78.6 cm³/mol. The van der Waals surface area contributed by atoms with Crippen LogP contribution in [0.25, 0.3) is 5.69 Å². The number of aromatic nitrogens is 3. The summed E-state index contributed by atoms with van der Waals surface area (Å²) in [7, 11) is 0. The van der Waals surface area contributed by atoms with Crippen LogP contribution in [0.2, 0.25) is 0 Å². The molecular formula is C14H17BrN4. The molecule has 2 heterocycles. The van der Waals surface area contributed by atoms with Crippen molar-refractivity contribution in [3.8, 4) is 5.69 Å². The van der Waals surface area contributed by atoms with Gasteiger partial charge >= 0.3 is 0 Å². The van der Waals surface area contributed by atoms with E-state index in [9.17, 15) is 0 Å². The van der Waals surface area contributed by atoms with Gasteiger partial charge in [0, 0.05) is 5.33 Å². The van der Waals surface area contributed by atoms with Crippen molar-refractivity contribution in [3.05, 3.63) is 41.7 Å². The summed E-state index contributed by atoms with van der Waals surface area (Å²) in [5, 5.41) is 12.9. The second-order valence-corrected chi connectivity index (χ2v) is 5.45. The number of nitrogens with one attached hydrogen (secondary N) is 1. The maximum absolute atomic E-state index is 4.31. The number of halogens is 1. The Morgan fingerprint density at radius 2 is 2.32 bits per heavy atom. The van der Waals surface area contributed by atoms with Gasteiger partial charge in [0.1, 0.15) is 5.69 Å². The molecule has 1 saturated heterocycles. The highest BCUT2D eigenvalue weighted by Crippen LogP contribution is 2.21. The first-order chi connectivity index (χ1) is 9.36. The molecule has 0 radical (unpaired) electrons. The molecule has 4 nitrogen and oxygen atoms in total. The molecule has 0 aliphatic carbocycles. The third-order valence-corrected chi connectivity index (χ3v) is 4.16. The van der Waals surface area contributed by atoms with E-state index in [1.54, 1.807) is 0 Å². The molecule has 0 spiro atoms.